The van der Waals surface area contributed by atoms with Gasteiger partial charge in [-0.15, -0.1) is 5.10 Å². The predicted molar refractivity (Wildman–Crippen MR) is 83.5 cm³/mol. The normalized spacial score (nSPS) is 10.6. The number of nitrogens with zero attached hydrogens (tertiary/aromatic N) is 4. The highest BCUT2D eigenvalue weighted by atomic mass is 16.6. The largest absolute Gasteiger partial charge is 0.493 e. The molecule has 1 heterocycles. The molecule has 24 heavy (non-hydrogen) atoms. The fourth-order valence-electron chi connectivity index (χ4n) is 2.32. The number of fused-ring (bicyclic) bond motifs is 1. The van der Waals surface area contributed by atoms with Gasteiger partial charge in [-0.2, -0.15) is 4.68 Å². The molecule has 3 rings (SSSR count). The third-order valence-electron chi connectivity index (χ3n) is 3.47. The number of para-hydroxylation sites is 1. The molecule has 3 aromatic rings. The molecule has 0 spiro atoms. The number of benzene rings is 2. The maximum atomic E-state index is 12.8. The van der Waals surface area contributed by atoms with Crippen molar-refractivity contribution in [2.24, 2.45) is 0 Å². The topological polar surface area (TPSA) is 109 Å². The van der Waals surface area contributed by atoms with Crippen LogP contribution in [0.4, 0.5) is 5.69 Å². The van der Waals surface area contributed by atoms with Crippen LogP contribution in [0.5, 0.6) is 11.5 Å². The molecule has 9 heteroatoms. The molecule has 0 aliphatic rings. The van der Waals surface area contributed by atoms with E-state index in [-0.39, 0.29) is 17.1 Å². The van der Waals surface area contributed by atoms with Gasteiger partial charge in [-0.25, -0.2) is 0 Å². The van der Waals surface area contributed by atoms with Crippen LogP contribution in [-0.4, -0.2) is 40.0 Å². The first kappa shape index (κ1) is 15.4. The zero-order valence-corrected chi connectivity index (χ0v) is 12.8. The van der Waals surface area contributed by atoms with Crippen LogP contribution < -0.4 is 9.47 Å². The minimum Gasteiger partial charge on any atom is -0.493 e. The van der Waals surface area contributed by atoms with Crippen molar-refractivity contribution in [1.29, 1.82) is 0 Å². The summed E-state index contributed by atoms with van der Waals surface area (Å²) in [7, 11) is 2.73. The average Bonchev–Trinajstić information content (AvgIpc) is 3.03. The van der Waals surface area contributed by atoms with Crippen LogP contribution >= 0.6 is 0 Å². The van der Waals surface area contributed by atoms with Gasteiger partial charge in [0.15, 0.2) is 11.5 Å². The van der Waals surface area contributed by atoms with Crippen LogP contribution in [0.2, 0.25) is 0 Å². The molecule has 0 fully saturated rings. The molecule has 1 aromatic heterocycles. The van der Waals surface area contributed by atoms with Gasteiger partial charge in [-0.1, -0.05) is 17.3 Å². The Hall–Kier alpha value is -3.49. The summed E-state index contributed by atoms with van der Waals surface area (Å²) in [5.74, 6) is -0.323. The fraction of sp³-hybridized carbons (Fsp3) is 0.133. The van der Waals surface area contributed by atoms with Crippen molar-refractivity contribution in [3.63, 3.8) is 0 Å². The molecular formula is C15H12N4O5. The minimum atomic E-state index is -0.684. The van der Waals surface area contributed by atoms with E-state index in [2.05, 4.69) is 10.3 Å². The first-order valence-corrected chi connectivity index (χ1v) is 6.82. The van der Waals surface area contributed by atoms with Gasteiger partial charge in [0.2, 0.25) is 0 Å². The molecule has 122 valence electrons. The summed E-state index contributed by atoms with van der Waals surface area (Å²) in [5.41, 5.74) is 0.381. The van der Waals surface area contributed by atoms with Crippen molar-refractivity contribution in [2.45, 2.75) is 0 Å². The molecule has 0 N–H and O–H groups in total. The summed E-state index contributed by atoms with van der Waals surface area (Å²) in [5, 5.41) is 19.0. The summed E-state index contributed by atoms with van der Waals surface area (Å²) in [6.07, 6.45) is 0. The van der Waals surface area contributed by atoms with E-state index >= 15 is 0 Å². The van der Waals surface area contributed by atoms with Crippen molar-refractivity contribution in [3.05, 3.63) is 52.1 Å². The second kappa shape index (κ2) is 5.95. The first-order chi connectivity index (χ1) is 11.6. The molecular weight excluding hydrogens is 316 g/mol. The van der Waals surface area contributed by atoms with E-state index in [4.69, 9.17) is 9.47 Å². The van der Waals surface area contributed by atoms with Gasteiger partial charge in [-0.05, 0) is 12.1 Å². The monoisotopic (exact) mass is 328 g/mol. The van der Waals surface area contributed by atoms with Crippen molar-refractivity contribution < 1.29 is 19.2 Å². The van der Waals surface area contributed by atoms with Gasteiger partial charge in [0, 0.05) is 6.07 Å². The zero-order chi connectivity index (χ0) is 17.3. The molecule has 0 aliphatic heterocycles. The smallest absolute Gasteiger partial charge is 0.287 e. The highest BCUT2D eigenvalue weighted by Gasteiger charge is 2.27. The Bertz CT molecular complexity index is 950. The van der Waals surface area contributed by atoms with Gasteiger partial charge in [0.05, 0.1) is 30.7 Å². The number of carbonyl (C=O) groups is 1. The number of ether oxygens (including phenoxy) is 2. The van der Waals surface area contributed by atoms with Gasteiger partial charge in [0.25, 0.3) is 11.6 Å². The lowest BCUT2D eigenvalue weighted by Crippen LogP contribution is -2.16. The van der Waals surface area contributed by atoms with Gasteiger partial charge in [-0.3, -0.25) is 14.9 Å². The number of nitro benzene ring substituents is 1. The van der Waals surface area contributed by atoms with Crippen LogP contribution in [-0.2, 0) is 0 Å². The molecule has 9 nitrogen and oxygen atoms in total. The number of carbonyl (C=O) groups excluding carboxylic acids is 1. The Morgan fingerprint density at radius 3 is 2.50 bits per heavy atom. The number of hydrogen-bond acceptors (Lipinski definition) is 7. The quantitative estimate of drug-likeness (QED) is 0.532. The Morgan fingerprint density at radius 2 is 1.83 bits per heavy atom. The summed E-state index contributed by atoms with van der Waals surface area (Å²) in [6.45, 7) is 0. The van der Waals surface area contributed by atoms with E-state index in [0.29, 0.717) is 11.0 Å². The lowest BCUT2D eigenvalue weighted by molar-refractivity contribution is -0.385. The lowest BCUT2D eigenvalue weighted by Gasteiger charge is -2.10. The second-order valence-corrected chi connectivity index (χ2v) is 4.78. The Labute approximate surface area is 135 Å². The Balaban J connectivity index is 2.20. The van der Waals surface area contributed by atoms with Crippen LogP contribution in [0.3, 0.4) is 0 Å². The second-order valence-electron chi connectivity index (χ2n) is 4.78. The van der Waals surface area contributed by atoms with Crippen LogP contribution in [0, 0.1) is 10.1 Å². The Kier molecular flexibility index (Phi) is 3.82. The van der Waals surface area contributed by atoms with Crippen LogP contribution in [0.15, 0.2) is 36.4 Å². The highest BCUT2D eigenvalue weighted by Crippen LogP contribution is 2.35. The van der Waals surface area contributed by atoms with Crippen molar-refractivity contribution in [1.82, 2.24) is 15.0 Å². The van der Waals surface area contributed by atoms with Crippen molar-refractivity contribution in [3.8, 4) is 11.5 Å². The summed E-state index contributed by atoms with van der Waals surface area (Å²) < 4.78 is 11.2. The molecule has 0 saturated carbocycles. The molecule has 0 bridgehead atoms. The molecule has 0 unspecified atom stereocenters. The number of hydrogen-bond donors (Lipinski definition) is 0. The maximum absolute atomic E-state index is 12.8. The molecule has 2 aromatic carbocycles. The van der Waals surface area contributed by atoms with E-state index in [1.165, 1.54) is 20.3 Å². The van der Waals surface area contributed by atoms with Crippen LogP contribution in [0.25, 0.3) is 11.0 Å². The summed E-state index contributed by atoms with van der Waals surface area (Å²) in [4.78, 5) is 23.5. The number of methoxy groups -OCH3 is 2. The number of rotatable bonds is 4. The van der Waals surface area contributed by atoms with E-state index in [0.717, 1.165) is 10.7 Å². The summed E-state index contributed by atoms with van der Waals surface area (Å²) in [6, 6.07) is 9.22. The fourth-order valence-corrected chi connectivity index (χ4v) is 2.32. The van der Waals surface area contributed by atoms with Gasteiger partial charge in [0.1, 0.15) is 11.1 Å². The van der Waals surface area contributed by atoms with E-state index in [1.54, 1.807) is 24.3 Å². The van der Waals surface area contributed by atoms with Gasteiger partial charge < -0.3 is 9.47 Å². The zero-order valence-electron chi connectivity index (χ0n) is 12.8. The third kappa shape index (κ3) is 2.41. The van der Waals surface area contributed by atoms with E-state index < -0.39 is 16.5 Å². The van der Waals surface area contributed by atoms with E-state index in [9.17, 15) is 14.9 Å². The molecule has 0 amide bonds. The average molecular weight is 328 g/mol. The molecule has 0 aliphatic carbocycles. The Morgan fingerprint density at radius 1 is 1.17 bits per heavy atom. The lowest BCUT2D eigenvalue weighted by atomic mass is 10.1. The van der Waals surface area contributed by atoms with Crippen molar-refractivity contribution >= 4 is 22.6 Å². The van der Waals surface area contributed by atoms with Crippen LogP contribution in [0.1, 0.15) is 10.4 Å². The molecule has 0 saturated heterocycles. The van der Waals surface area contributed by atoms with E-state index in [1.807, 2.05) is 0 Å². The van der Waals surface area contributed by atoms with Gasteiger partial charge >= 0.3 is 0 Å². The number of nitro groups is 1. The molecule has 0 radical (unpaired) electrons. The third-order valence-corrected chi connectivity index (χ3v) is 3.47. The summed E-state index contributed by atoms with van der Waals surface area (Å²) >= 11 is 0. The maximum Gasteiger partial charge on any atom is 0.287 e. The van der Waals surface area contributed by atoms with Crippen molar-refractivity contribution in [2.75, 3.05) is 14.2 Å². The predicted octanol–water partition coefficient (Wildman–Crippen LogP) is 2.05. The SMILES string of the molecule is COc1cc(C(=O)n2nnc3ccccc32)c([N+](=O)[O-])cc1OC. The first-order valence-electron chi connectivity index (χ1n) is 6.82. The number of aromatic nitrogens is 3. The standard InChI is InChI=1S/C15H12N4O5/c1-23-13-7-9(12(19(21)22)8-14(13)24-2)15(20)18-11-6-4-3-5-10(11)16-17-18/h3-8H,1-2H3. The minimum absolute atomic E-state index is 0.157. The highest BCUT2D eigenvalue weighted by molar-refractivity contribution is 6.03. The molecule has 0 atom stereocenters.